The Balaban J connectivity index is 2.60. The molecule has 0 saturated carbocycles. The van der Waals surface area contributed by atoms with Crippen LogP contribution in [-0.2, 0) is 0 Å². The molecule has 0 fully saturated rings. The molecule has 4 heteroatoms. The van der Waals surface area contributed by atoms with Crippen LogP contribution in [0.5, 0.6) is 5.75 Å². The molecule has 17 heavy (non-hydrogen) atoms. The highest BCUT2D eigenvalue weighted by Crippen LogP contribution is 2.21. The van der Waals surface area contributed by atoms with Gasteiger partial charge in [0.2, 0.25) is 0 Å². The van der Waals surface area contributed by atoms with Crippen molar-refractivity contribution < 1.29 is 9.53 Å². The third-order valence-corrected chi connectivity index (χ3v) is 2.27. The number of anilines is 1. The predicted molar refractivity (Wildman–Crippen MR) is 69.7 cm³/mol. The van der Waals surface area contributed by atoms with E-state index in [0.29, 0.717) is 13.2 Å². The Labute approximate surface area is 102 Å². The quantitative estimate of drug-likeness (QED) is 0.825. The number of carbonyl (C=O) groups is 1. The van der Waals surface area contributed by atoms with Gasteiger partial charge in [0.15, 0.2) is 0 Å². The van der Waals surface area contributed by atoms with Crippen molar-refractivity contribution in [3.8, 4) is 5.75 Å². The number of carbonyl (C=O) groups excluding carboxylic acids is 1. The molecule has 0 aliphatic heterocycles. The fourth-order valence-electron chi connectivity index (χ4n) is 1.46. The fourth-order valence-corrected chi connectivity index (χ4v) is 1.46. The maximum Gasteiger partial charge on any atom is 0.319 e. The molecule has 0 radical (unpaired) electrons. The molecule has 0 bridgehead atoms. The van der Waals surface area contributed by atoms with Gasteiger partial charge in [-0.05, 0) is 44.0 Å². The van der Waals surface area contributed by atoms with Gasteiger partial charge in [0.1, 0.15) is 5.75 Å². The van der Waals surface area contributed by atoms with E-state index < -0.39 is 0 Å². The number of hydrogen-bond donors (Lipinski definition) is 2. The van der Waals surface area contributed by atoms with Gasteiger partial charge in [-0.15, -0.1) is 0 Å². The molecule has 1 aromatic rings. The molecule has 0 unspecified atom stereocenters. The molecule has 0 atom stereocenters. The Hall–Kier alpha value is -1.71. The Morgan fingerprint density at radius 1 is 1.35 bits per heavy atom. The van der Waals surface area contributed by atoms with Crippen LogP contribution in [0.2, 0.25) is 0 Å². The normalized spacial score (nSPS) is 9.82. The van der Waals surface area contributed by atoms with E-state index in [-0.39, 0.29) is 6.03 Å². The molecule has 0 spiro atoms. The third kappa shape index (κ3) is 4.34. The molecule has 0 saturated heterocycles. The standard InChI is InChI=1S/C13H20N2O2/c1-4-8-14-13(16)15-11-6-7-12(17-5-2)10(3)9-11/h6-7,9H,4-5,8H2,1-3H3,(H2,14,15,16). The van der Waals surface area contributed by atoms with Crippen LogP contribution in [0.1, 0.15) is 25.8 Å². The number of nitrogens with one attached hydrogen (secondary N) is 2. The zero-order chi connectivity index (χ0) is 12.7. The second kappa shape index (κ2) is 6.78. The maximum atomic E-state index is 11.4. The lowest BCUT2D eigenvalue weighted by atomic mass is 10.2. The van der Waals surface area contributed by atoms with Crippen molar-refractivity contribution in [2.45, 2.75) is 27.2 Å². The van der Waals surface area contributed by atoms with E-state index in [1.807, 2.05) is 39.0 Å². The van der Waals surface area contributed by atoms with Gasteiger partial charge in [0.25, 0.3) is 0 Å². The van der Waals surface area contributed by atoms with Crippen molar-refractivity contribution in [3.63, 3.8) is 0 Å². The number of benzene rings is 1. The van der Waals surface area contributed by atoms with E-state index in [4.69, 9.17) is 4.74 Å². The van der Waals surface area contributed by atoms with Crippen LogP contribution in [0.3, 0.4) is 0 Å². The van der Waals surface area contributed by atoms with Gasteiger partial charge < -0.3 is 15.4 Å². The van der Waals surface area contributed by atoms with Gasteiger partial charge >= 0.3 is 6.03 Å². The lowest BCUT2D eigenvalue weighted by molar-refractivity contribution is 0.252. The minimum absolute atomic E-state index is 0.171. The monoisotopic (exact) mass is 236 g/mol. The van der Waals surface area contributed by atoms with Gasteiger partial charge in [0, 0.05) is 12.2 Å². The van der Waals surface area contributed by atoms with Crippen molar-refractivity contribution in [1.82, 2.24) is 5.32 Å². The van der Waals surface area contributed by atoms with Crippen molar-refractivity contribution in [2.75, 3.05) is 18.5 Å². The molecule has 0 aliphatic rings. The second-order valence-corrected chi connectivity index (χ2v) is 3.79. The Kier molecular flexibility index (Phi) is 5.33. The Morgan fingerprint density at radius 3 is 2.71 bits per heavy atom. The smallest absolute Gasteiger partial charge is 0.319 e. The summed E-state index contributed by atoms with van der Waals surface area (Å²) in [5, 5.41) is 5.54. The number of hydrogen-bond acceptors (Lipinski definition) is 2. The summed E-state index contributed by atoms with van der Waals surface area (Å²) >= 11 is 0. The predicted octanol–water partition coefficient (Wildman–Crippen LogP) is 2.93. The first-order chi connectivity index (χ1) is 8.17. The molecule has 1 rings (SSSR count). The Morgan fingerprint density at radius 2 is 2.12 bits per heavy atom. The minimum atomic E-state index is -0.171. The number of rotatable bonds is 5. The van der Waals surface area contributed by atoms with Crippen LogP contribution in [0.4, 0.5) is 10.5 Å². The summed E-state index contributed by atoms with van der Waals surface area (Å²) in [5.41, 5.74) is 1.79. The van der Waals surface area contributed by atoms with Crippen molar-refractivity contribution in [2.24, 2.45) is 0 Å². The number of urea groups is 1. The van der Waals surface area contributed by atoms with E-state index in [1.165, 1.54) is 0 Å². The average molecular weight is 236 g/mol. The number of aryl methyl sites for hydroxylation is 1. The maximum absolute atomic E-state index is 11.4. The molecular weight excluding hydrogens is 216 g/mol. The SMILES string of the molecule is CCCNC(=O)Nc1ccc(OCC)c(C)c1. The van der Waals surface area contributed by atoms with Crippen LogP contribution in [0.25, 0.3) is 0 Å². The summed E-state index contributed by atoms with van der Waals surface area (Å²) in [6, 6.07) is 5.43. The van der Waals surface area contributed by atoms with E-state index in [1.54, 1.807) is 0 Å². The summed E-state index contributed by atoms with van der Waals surface area (Å²) in [7, 11) is 0. The van der Waals surface area contributed by atoms with E-state index in [2.05, 4.69) is 10.6 Å². The third-order valence-electron chi connectivity index (χ3n) is 2.27. The van der Waals surface area contributed by atoms with Crippen LogP contribution in [-0.4, -0.2) is 19.2 Å². The summed E-state index contributed by atoms with van der Waals surface area (Å²) < 4.78 is 5.43. The molecule has 2 amide bonds. The lowest BCUT2D eigenvalue weighted by Crippen LogP contribution is -2.29. The summed E-state index contributed by atoms with van der Waals surface area (Å²) in [6.07, 6.45) is 0.926. The highest BCUT2D eigenvalue weighted by molar-refractivity contribution is 5.89. The topological polar surface area (TPSA) is 50.4 Å². The van der Waals surface area contributed by atoms with Crippen molar-refractivity contribution in [3.05, 3.63) is 23.8 Å². The zero-order valence-electron chi connectivity index (χ0n) is 10.7. The summed E-state index contributed by atoms with van der Waals surface area (Å²) in [6.45, 7) is 7.25. The minimum Gasteiger partial charge on any atom is -0.494 e. The van der Waals surface area contributed by atoms with Gasteiger partial charge in [-0.25, -0.2) is 4.79 Å². The molecule has 0 aliphatic carbocycles. The first-order valence-corrected chi connectivity index (χ1v) is 5.95. The van der Waals surface area contributed by atoms with E-state index >= 15 is 0 Å². The highest BCUT2D eigenvalue weighted by Gasteiger charge is 2.03. The van der Waals surface area contributed by atoms with E-state index in [0.717, 1.165) is 23.4 Å². The summed E-state index contributed by atoms with van der Waals surface area (Å²) in [4.78, 5) is 11.4. The molecule has 0 heterocycles. The number of amides is 2. The average Bonchev–Trinajstić information content (AvgIpc) is 2.30. The lowest BCUT2D eigenvalue weighted by Gasteiger charge is -2.10. The molecule has 94 valence electrons. The first kappa shape index (κ1) is 13.4. The van der Waals surface area contributed by atoms with Crippen molar-refractivity contribution >= 4 is 11.7 Å². The molecule has 2 N–H and O–H groups in total. The molecular formula is C13H20N2O2. The van der Waals surface area contributed by atoms with Gasteiger partial charge in [-0.3, -0.25) is 0 Å². The van der Waals surface area contributed by atoms with Gasteiger partial charge in [0.05, 0.1) is 6.61 Å². The van der Waals surface area contributed by atoms with Crippen LogP contribution < -0.4 is 15.4 Å². The largest absolute Gasteiger partial charge is 0.494 e. The van der Waals surface area contributed by atoms with E-state index in [9.17, 15) is 4.79 Å². The van der Waals surface area contributed by atoms with Crippen LogP contribution in [0, 0.1) is 6.92 Å². The molecule has 0 aromatic heterocycles. The Bertz CT molecular complexity index is 378. The van der Waals surface area contributed by atoms with Crippen LogP contribution in [0.15, 0.2) is 18.2 Å². The zero-order valence-corrected chi connectivity index (χ0v) is 10.7. The summed E-state index contributed by atoms with van der Waals surface area (Å²) in [5.74, 6) is 0.854. The van der Waals surface area contributed by atoms with Gasteiger partial charge in [-0.1, -0.05) is 6.92 Å². The van der Waals surface area contributed by atoms with Crippen LogP contribution >= 0.6 is 0 Å². The first-order valence-electron chi connectivity index (χ1n) is 5.95. The number of ether oxygens (including phenoxy) is 1. The van der Waals surface area contributed by atoms with Crippen molar-refractivity contribution in [1.29, 1.82) is 0 Å². The second-order valence-electron chi connectivity index (χ2n) is 3.79. The molecule has 4 nitrogen and oxygen atoms in total. The molecule has 1 aromatic carbocycles. The van der Waals surface area contributed by atoms with Gasteiger partial charge in [-0.2, -0.15) is 0 Å². The highest BCUT2D eigenvalue weighted by atomic mass is 16.5. The fraction of sp³-hybridized carbons (Fsp3) is 0.462.